The van der Waals surface area contributed by atoms with Crippen LogP contribution < -0.4 is 10.9 Å². The molecule has 0 spiro atoms. The van der Waals surface area contributed by atoms with Gasteiger partial charge in [0, 0.05) is 22.7 Å². The SMILES string of the molecule is CC(C)n1ncc2c(C(=O)NNC(=O)c3cc(Cl)ccc3O)cc(C3CC3)nc21. The maximum atomic E-state index is 12.8. The number of pyridine rings is 1. The number of nitrogens with zero attached hydrogens (tertiary/aromatic N) is 3. The highest BCUT2D eigenvalue weighted by Crippen LogP contribution is 2.40. The van der Waals surface area contributed by atoms with E-state index in [0.717, 1.165) is 18.5 Å². The molecule has 2 amide bonds. The summed E-state index contributed by atoms with van der Waals surface area (Å²) >= 11 is 5.87. The average molecular weight is 414 g/mol. The molecule has 1 aliphatic rings. The maximum absolute atomic E-state index is 12.8. The number of fused-ring (bicyclic) bond motifs is 1. The van der Waals surface area contributed by atoms with Gasteiger partial charge in [0.1, 0.15) is 5.75 Å². The third-order valence-electron chi connectivity index (χ3n) is 4.81. The van der Waals surface area contributed by atoms with Gasteiger partial charge >= 0.3 is 0 Å². The molecule has 0 atom stereocenters. The molecule has 150 valence electrons. The molecule has 1 aliphatic carbocycles. The summed E-state index contributed by atoms with van der Waals surface area (Å²) in [5, 5.41) is 15.1. The standard InChI is InChI=1S/C20H20ClN5O3/c1-10(2)26-18-15(9-22-26)13(8-16(23-18)11-3-4-11)19(28)24-25-20(29)14-7-12(21)5-6-17(14)27/h5-11,27H,3-4H2,1-2H3,(H,24,28)(H,25,29). The van der Waals surface area contributed by atoms with Gasteiger partial charge in [-0.15, -0.1) is 0 Å². The lowest BCUT2D eigenvalue weighted by molar-refractivity contribution is 0.0846. The molecule has 0 bridgehead atoms. The monoisotopic (exact) mass is 413 g/mol. The Hall–Kier alpha value is -3.13. The number of aromatic hydroxyl groups is 1. The number of halogens is 1. The number of phenolic OH excluding ortho intramolecular Hbond substituents is 1. The Morgan fingerprint density at radius 2 is 1.86 bits per heavy atom. The van der Waals surface area contributed by atoms with Crippen molar-refractivity contribution in [1.29, 1.82) is 0 Å². The Bertz CT molecular complexity index is 1120. The summed E-state index contributed by atoms with van der Waals surface area (Å²) in [5.74, 6) is -1.05. The Morgan fingerprint density at radius 3 is 2.52 bits per heavy atom. The van der Waals surface area contributed by atoms with Gasteiger partial charge in [0.15, 0.2) is 5.65 Å². The van der Waals surface area contributed by atoms with Crippen LogP contribution in [0.1, 0.15) is 65.1 Å². The molecule has 4 rings (SSSR count). The molecule has 29 heavy (non-hydrogen) atoms. The van der Waals surface area contributed by atoms with Crippen molar-refractivity contribution in [3.05, 3.63) is 52.3 Å². The summed E-state index contributed by atoms with van der Waals surface area (Å²) in [6, 6.07) is 5.95. The third-order valence-corrected chi connectivity index (χ3v) is 5.04. The van der Waals surface area contributed by atoms with Gasteiger partial charge in [-0.2, -0.15) is 5.10 Å². The lowest BCUT2D eigenvalue weighted by atomic mass is 10.1. The molecule has 0 aliphatic heterocycles. The largest absolute Gasteiger partial charge is 0.507 e. The van der Waals surface area contributed by atoms with E-state index in [1.165, 1.54) is 18.2 Å². The summed E-state index contributed by atoms with van der Waals surface area (Å²) in [4.78, 5) is 29.9. The van der Waals surface area contributed by atoms with E-state index in [2.05, 4.69) is 16.0 Å². The molecule has 9 heteroatoms. The van der Waals surface area contributed by atoms with Crippen LogP contribution in [0.15, 0.2) is 30.5 Å². The van der Waals surface area contributed by atoms with E-state index >= 15 is 0 Å². The third kappa shape index (κ3) is 3.75. The number of phenols is 1. The predicted molar refractivity (Wildman–Crippen MR) is 108 cm³/mol. The lowest BCUT2D eigenvalue weighted by Gasteiger charge is -2.12. The average Bonchev–Trinajstić information content (AvgIpc) is 3.45. The highest BCUT2D eigenvalue weighted by Gasteiger charge is 2.28. The minimum atomic E-state index is -0.677. The second kappa shape index (κ2) is 7.36. The number of carbonyl (C=O) groups is 2. The second-order valence-corrected chi connectivity index (χ2v) is 7.80. The smallest absolute Gasteiger partial charge is 0.273 e. The zero-order valence-electron chi connectivity index (χ0n) is 15.9. The zero-order chi connectivity index (χ0) is 20.7. The van der Waals surface area contributed by atoms with Gasteiger partial charge in [-0.05, 0) is 51.0 Å². The molecule has 8 nitrogen and oxygen atoms in total. The number of rotatable bonds is 4. The molecule has 1 saturated carbocycles. The Balaban J connectivity index is 1.61. The van der Waals surface area contributed by atoms with E-state index in [4.69, 9.17) is 16.6 Å². The number of aromatic nitrogens is 3. The highest BCUT2D eigenvalue weighted by atomic mass is 35.5. The van der Waals surface area contributed by atoms with E-state index in [1.807, 2.05) is 13.8 Å². The summed E-state index contributed by atoms with van der Waals surface area (Å²) in [6.45, 7) is 3.99. The summed E-state index contributed by atoms with van der Waals surface area (Å²) in [7, 11) is 0. The number of carbonyl (C=O) groups excluding carboxylic acids is 2. The highest BCUT2D eigenvalue weighted by molar-refractivity contribution is 6.31. The first kappa shape index (κ1) is 19.2. The van der Waals surface area contributed by atoms with Crippen LogP contribution in [-0.2, 0) is 0 Å². The molecule has 3 aromatic rings. The van der Waals surface area contributed by atoms with Gasteiger partial charge in [-0.1, -0.05) is 11.6 Å². The molecule has 1 aromatic carbocycles. The molecule has 0 unspecified atom stereocenters. The lowest BCUT2D eigenvalue weighted by Crippen LogP contribution is -2.41. The van der Waals surface area contributed by atoms with Crippen LogP contribution in [-0.4, -0.2) is 31.7 Å². The van der Waals surface area contributed by atoms with Crippen LogP contribution in [0.2, 0.25) is 5.02 Å². The Kier molecular flexibility index (Phi) is 4.87. The topological polar surface area (TPSA) is 109 Å². The summed E-state index contributed by atoms with van der Waals surface area (Å²) < 4.78 is 1.78. The van der Waals surface area contributed by atoms with Gasteiger partial charge in [0.25, 0.3) is 11.8 Å². The van der Waals surface area contributed by atoms with Crippen molar-refractivity contribution in [3.8, 4) is 5.75 Å². The van der Waals surface area contributed by atoms with Crippen LogP contribution in [0.25, 0.3) is 11.0 Å². The van der Waals surface area contributed by atoms with E-state index in [9.17, 15) is 14.7 Å². The first-order valence-electron chi connectivity index (χ1n) is 9.32. The number of amides is 2. The van der Waals surface area contributed by atoms with Crippen molar-refractivity contribution >= 4 is 34.4 Å². The molecule has 0 saturated heterocycles. The number of benzene rings is 1. The van der Waals surface area contributed by atoms with Crippen molar-refractivity contribution in [2.45, 2.75) is 38.6 Å². The predicted octanol–water partition coefficient (Wildman–Crippen LogP) is 3.32. The Labute approximate surface area is 171 Å². The first-order valence-corrected chi connectivity index (χ1v) is 9.70. The molecular weight excluding hydrogens is 394 g/mol. The zero-order valence-corrected chi connectivity index (χ0v) is 16.7. The van der Waals surface area contributed by atoms with Crippen molar-refractivity contribution in [3.63, 3.8) is 0 Å². The van der Waals surface area contributed by atoms with Gasteiger partial charge in [0.2, 0.25) is 0 Å². The molecule has 2 heterocycles. The second-order valence-electron chi connectivity index (χ2n) is 7.36. The molecule has 0 radical (unpaired) electrons. The van der Waals surface area contributed by atoms with Crippen LogP contribution >= 0.6 is 11.6 Å². The minimum Gasteiger partial charge on any atom is -0.507 e. The van der Waals surface area contributed by atoms with E-state index in [-0.39, 0.29) is 17.4 Å². The van der Waals surface area contributed by atoms with Crippen molar-refractivity contribution in [2.75, 3.05) is 0 Å². The van der Waals surface area contributed by atoms with Crippen LogP contribution in [0.5, 0.6) is 5.75 Å². The fraction of sp³-hybridized carbons (Fsp3) is 0.300. The van der Waals surface area contributed by atoms with Gasteiger partial charge in [-0.3, -0.25) is 20.4 Å². The first-order chi connectivity index (χ1) is 13.8. The van der Waals surface area contributed by atoms with Crippen molar-refractivity contribution in [1.82, 2.24) is 25.6 Å². The molecular formula is C20H20ClN5O3. The number of nitrogens with one attached hydrogen (secondary N) is 2. The van der Waals surface area contributed by atoms with Gasteiger partial charge in [0.05, 0.1) is 22.7 Å². The fourth-order valence-electron chi connectivity index (χ4n) is 3.13. The quantitative estimate of drug-likeness (QED) is 0.568. The molecule has 1 fully saturated rings. The number of hydrogen-bond acceptors (Lipinski definition) is 5. The summed E-state index contributed by atoms with van der Waals surface area (Å²) in [6.07, 6.45) is 3.69. The fourth-order valence-corrected chi connectivity index (χ4v) is 3.30. The normalized spacial score (nSPS) is 13.7. The minimum absolute atomic E-state index is 0.0380. The maximum Gasteiger partial charge on any atom is 0.273 e. The number of hydrogen-bond donors (Lipinski definition) is 3. The van der Waals surface area contributed by atoms with E-state index < -0.39 is 11.8 Å². The van der Waals surface area contributed by atoms with Gasteiger partial charge < -0.3 is 5.11 Å². The van der Waals surface area contributed by atoms with E-state index in [1.54, 1.807) is 16.9 Å². The van der Waals surface area contributed by atoms with Gasteiger partial charge in [-0.25, -0.2) is 9.67 Å². The van der Waals surface area contributed by atoms with Crippen molar-refractivity contribution in [2.24, 2.45) is 0 Å². The van der Waals surface area contributed by atoms with Crippen LogP contribution in [0.3, 0.4) is 0 Å². The molecule has 3 N–H and O–H groups in total. The van der Waals surface area contributed by atoms with E-state index in [0.29, 0.717) is 27.5 Å². The van der Waals surface area contributed by atoms with Crippen LogP contribution in [0.4, 0.5) is 0 Å². The Morgan fingerprint density at radius 1 is 1.17 bits per heavy atom. The number of hydrazine groups is 1. The summed E-state index contributed by atoms with van der Waals surface area (Å²) in [5.41, 5.74) is 6.57. The van der Waals surface area contributed by atoms with Crippen LogP contribution in [0, 0.1) is 0 Å². The van der Waals surface area contributed by atoms with Crippen molar-refractivity contribution < 1.29 is 14.7 Å². The molecule has 2 aromatic heterocycles.